The molecule has 0 aromatic carbocycles. The zero-order valence-electron chi connectivity index (χ0n) is 13.0. The second-order valence-corrected chi connectivity index (χ2v) is 6.95. The van der Waals surface area contributed by atoms with Crippen LogP contribution in [-0.4, -0.2) is 49.3 Å². The van der Waals surface area contributed by atoms with E-state index in [0.717, 1.165) is 18.2 Å². The number of anilines is 1. The Labute approximate surface area is 133 Å². The van der Waals surface area contributed by atoms with E-state index in [1.807, 2.05) is 0 Å². The zero-order chi connectivity index (χ0) is 16.2. The van der Waals surface area contributed by atoms with E-state index < -0.39 is 17.7 Å². The van der Waals surface area contributed by atoms with Gasteiger partial charge in [-0.25, -0.2) is 9.78 Å². The molecule has 0 saturated carbocycles. The first kappa shape index (κ1) is 16.7. The van der Waals surface area contributed by atoms with E-state index in [4.69, 9.17) is 9.47 Å². The molecule has 1 aromatic rings. The van der Waals surface area contributed by atoms with Crippen LogP contribution in [-0.2, 0) is 14.3 Å². The highest BCUT2D eigenvalue weighted by Gasteiger charge is 2.23. The summed E-state index contributed by atoms with van der Waals surface area (Å²) in [6, 6.07) is -0.748. The van der Waals surface area contributed by atoms with Crippen LogP contribution in [0.1, 0.15) is 31.7 Å². The molecule has 1 amide bonds. The Hall–Kier alpha value is -1.67. The Bertz CT molecular complexity index is 520. The maximum Gasteiger partial charge on any atom is 0.408 e. The molecule has 0 spiro atoms. The molecule has 22 heavy (non-hydrogen) atoms. The molecular weight excluding hydrogens is 306 g/mol. The monoisotopic (exact) mass is 327 g/mol. The van der Waals surface area contributed by atoms with Crippen molar-refractivity contribution < 1.29 is 19.1 Å². The zero-order valence-corrected chi connectivity index (χ0v) is 13.8. The number of thiazole rings is 1. The number of hydrogen-bond donors (Lipinski definition) is 1. The summed E-state index contributed by atoms with van der Waals surface area (Å²) in [7, 11) is 0. The van der Waals surface area contributed by atoms with Crippen LogP contribution in [0.3, 0.4) is 0 Å². The van der Waals surface area contributed by atoms with Crippen molar-refractivity contribution in [3.05, 3.63) is 11.1 Å². The lowest BCUT2D eigenvalue weighted by Crippen LogP contribution is -2.36. The van der Waals surface area contributed by atoms with E-state index in [-0.39, 0.29) is 0 Å². The first-order valence-electron chi connectivity index (χ1n) is 7.12. The summed E-state index contributed by atoms with van der Waals surface area (Å²) in [5.41, 5.74) is -0.607. The van der Waals surface area contributed by atoms with Crippen LogP contribution >= 0.6 is 11.3 Å². The maximum absolute atomic E-state index is 11.8. The minimum absolute atomic E-state index is 0.607. The van der Waals surface area contributed by atoms with Gasteiger partial charge in [-0.2, -0.15) is 0 Å². The molecule has 1 unspecified atom stereocenters. The molecule has 0 aliphatic carbocycles. The van der Waals surface area contributed by atoms with E-state index >= 15 is 0 Å². The largest absolute Gasteiger partial charge is 0.444 e. The standard InChI is InChI=1S/C14H21N3O4S/c1-14(2,3)21-13(19)16-10(9-18)11-8-15-12(22-11)17-4-6-20-7-5-17/h8-10H,4-7H2,1-3H3,(H,16,19). The Balaban J connectivity index is 2.00. The summed E-state index contributed by atoms with van der Waals surface area (Å²) in [5.74, 6) is 0. The third-order valence-corrected chi connectivity index (χ3v) is 4.05. The molecule has 2 rings (SSSR count). The highest BCUT2D eigenvalue weighted by atomic mass is 32.1. The second kappa shape index (κ2) is 7.06. The number of nitrogens with one attached hydrogen (secondary N) is 1. The minimum Gasteiger partial charge on any atom is -0.444 e. The molecule has 2 heterocycles. The number of nitrogens with zero attached hydrogens (tertiary/aromatic N) is 2. The molecule has 1 aliphatic heterocycles. The van der Waals surface area contributed by atoms with Crippen LogP contribution in [0.15, 0.2) is 6.20 Å². The first-order valence-corrected chi connectivity index (χ1v) is 7.94. The van der Waals surface area contributed by atoms with Crippen molar-refractivity contribution in [2.45, 2.75) is 32.4 Å². The van der Waals surface area contributed by atoms with E-state index in [1.165, 1.54) is 11.3 Å². The Morgan fingerprint density at radius 3 is 2.77 bits per heavy atom. The van der Waals surface area contributed by atoms with Gasteiger partial charge in [-0.3, -0.25) is 0 Å². The molecule has 1 fully saturated rings. The summed E-state index contributed by atoms with van der Waals surface area (Å²) in [5, 5.41) is 3.38. The molecule has 1 aromatic heterocycles. The molecule has 1 atom stereocenters. The summed E-state index contributed by atoms with van der Waals surface area (Å²) >= 11 is 1.39. The number of morpholine rings is 1. The second-order valence-electron chi connectivity index (χ2n) is 5.90. The van der Waals surface area contributed by atoms with E-state index in [2.05, 4.69) is 15.2 Å². The van der Waals surface area contributed by atoms with Crippen molar-refractivity contribution in [3.8, 4) is 0 Å². The number of aldehydes is 1. The van der Waals surface area contributed by atoms with Gasteiger partial charge in [0, 0.05) is 19.3 Å². The molecule has 1 N–H and O–H groups in total. The van der Waals surface area contributed by atoms with Crippen molar-refractivity contribution in [1.82, 2.24) is 10.3 Å². The fraction of sp³-hybridized carbons (Fsp3) is 0.643. The van der Waals surface area contributed by atoms with Crippen molar-refractivity contribution in [2.24, 2.45) is 0 Å². The van der Waals surface area contributed by atoms with Crippen LogP contribution in [0.4, 0.5) is 9.93 Å². The predicted molar refractivity (Wildman–Crippen MR) is 83.3 cm³/mol. The number of amides is 1. The average molecular weight is 327 g/mol. The molecule has 1 saturated heterocycles. The fourth-order valence-electron chi connectivity index (χ4n) is 1.93. The van der Waals surface area contributed by atoms with Crippen LogP contribution < -0.4 is 10.2 Å². The molecule has 0 bridgehead atoms. The Morgan fingerprint density at radius 2 is 2.18 bits per heavy atom. The molecular formula is C14H21N3O4S. The SMILES string of the molecule is CC(C)(C)OC(=O)NC(C=O)c1cnc(N2CCOCC2)s1. The molecule has 8 heteroatoms. The van der Waals surface area contributed by atoms with Crippen LogP contribution in [0, 0.1) is 0 Å². The van der Waals surface area contributed by atoms with Gasteiger partial charge in [0.05, 0.1) is 18.1 Å². The summed E-state index contributed by atoms with van der Waals surface area (Å²) in [6.07, 6.45) is 1.68. The number of alkyl carbamates (subject to hydrolysis) is 1. The lowest BCUT2D eigenvalue weighted by atomic mass is 10.2. The highest BCUT2D eigenvalue weighted by molar-refractivity contribution is 7.15. The van der Waals surface area contributed by atoms with Gasteiger partial charge in [0.2, 0.25) is 0 Å². The third-order valence-electron chi connectivity index (χ3n) is 2.91. The number of aromatic nitrogens is 1. The topological polar surface area (TPSA) is 80.8 Å². The van der Waals surface area contributed by atoms with Crippen molar-refractivity contribution in [1.29, 1.82) is 0 Å². The van der Waals surface area contributed by atoms with Gasteiger partial charge in [-0.15, -0.1) is 0 Å². The number of ether oxygens (including phenoxy) is 2. The first-order chi connectivity index (χ1) is 10.4. The quantitative estimate of drug-likeness (QED) is 0.849. The number of carbonyl (C=O) groups excluding carboxylic acids is 2. The predicted octanol–water partition coefficient (Wildman–Crippen LogP) is 1.74. The normalized spacial score (nSPS) is 17.0. The van der Waals surface area contributed by atoms with Crippen molar-refractivity contribution >= 4 is 28.8 Å². The molecule has 122 valence electrons. The summed E-state index contributed by atoms with van der Waals surface area (Å²) in [4.78, 5) is 30.2. The lowest BCUT2D eigenvalue weighted by Gasteiger charge is -2.26. The highest BCUT2D eigenvalue weighted by Crippen LogP contribution is 2.27. The van der Waals surface area contributed by atoms with Gasteiger partial charge in [0.25, 0.3) is 0 Å². The van der Waals surface area contributed by atoms with Gasteiger partial charge in [0.15, 0.2) is 5.13 Å². The van der Waals surface area contributed by atoms with Gasteiger partial charge in [-0.1, -0.05) is 11.3 Å². The van der Waals surface area contributed by atoms with Gasteiger partial charge < -0.3 is 24.5 Å². The smallest absolute Gasteiger partial charge is 0.408 e. The maximum atomic E-state index is 11.8. The van der Waals surface area contributed by atoms with E-state index in [0.29, 0.717) is 24.4 Å². The van der Waals surface area contributed by atoms with Gasteiger partial charge in [-0.05, 0) is 20.8 Å². The van der Waals surface area contributed by atoms with Crippen LogP contribution in [0.2, 0.25) is 0 Å². The third kappa shape index (κ3) is 4.67. The number of carbonyl (C=O) groups is 2. The van der Waals surface area contributed by atoms with Gasteiger partial charge in [0.1, 0.15) is 17.9 Å². The molecule has 0 radical (unpaired) electrons. The van der Waals surface area contributed by atoms with Gasteiger partial charge >= 0.3 is 6.09 Å². The van der Waals surface area contributed by atoms with Crippen molar-refractivity contribution in [2.75, 3.05) is 31.2 Å². The minimum atomic E-state index is -0.748. The van der Waals surface area contributed by atoms with E-state index in [9.17, 15) is 9.59 Å². The Morgan fingerprint density at radius 1 is 1.50 bits per heavy atom. The van der Waals surface area contributed by atoms with Crippen LogP contribution in [0.5, 0.6) is 0 Å². The van der Waals surface area contributed by atoms with Crippen LogP contribution in [0.25, 0.3) is 0 Å². The number of rotatable bonds is 4. The fourth-order valence-corrected chi connectivity index (χ4v) is 2.90. The number of hydrogen-bond acceptors (Lipinski definition) is 7. The van der Waals surface area contributed by atoms with E-state index in [1.54, 1.807) is 27.0 Å². The summed E-state index contributed by atoms with van der Waals surface area (Å²) in [6.45, 7) is 8.20. The molecule has 1 aliphatic rings. The summed E-state index contributed by atoms with van der Waals surface area (Å²) < 4.78 is 10.5. The molecule has 7 nitrogen and oxygen atoms in total. The lowest BCUT2D eigenvalue weighted by molar-refractivity contribution is -0.109. The average Bonchev–Trinajstić information content (AvgIpc) is 2.93. The van der Waals surface area contributed by atoms with Crippen molar-refractivity contribution in [3.63, 3.8) is 0 Å². The Kier molecular flexibility index (Phi) is 5.36.